The zero-order valence-electron chi connectivity index (χ0n) is 12.7. The summed E-state index contributed by atoms with van der Waals surface area (Å²) in [6.45, 7) is 10.9. The molecule has 1 fully saturated rings. The van der Waals surface area contributed by atoms with Gasteiger partial charge < -0.3 is 9.64 Å². The molecule has 0 aliphatic carbocycles. The van der Waals surface area contributed by atoms with Crippen LogP contribution in [0.4, 0.5) is 5.69 Å². The summed E-state index contributed by atoms with van der Waals surface area (Å²) in [5.74, 6) is 0.699. The van der Waals surface area contributed by atoms with E-state index in [0.717, 1.165) is 39.3 Å². The highest BCUT2D eigenvalue weighted by atomic mass is 16.6. The fourth-order valence-electron chi connectivity index (χ4n) is 2.54. The summed E-state index contributed by atoms with van der Waals surface area (Å²) < 4.78 is 5.70. The zero-order valence-corrected chi connectivity index (χ0v) is 12.7. The molecule has 1 aromatic carbocycles. The lowest BCUT2D eigenvalue weighted by molar-refractivity contribution is -0.385. The molecule has 0 aromatic heterocycles. The second-order valence-electron chi connectivity index (χ2n) is 5.33. The minimum absolute atomic E-state index is 0.137. The molecule has 0 N–H and O–H groups in total. The third-order valence-electron chi connectivity index (χ3n) is 3.95. The molecule has 0 atom stereocenters. The van der Waals surface area contributed by atoms with Gasteiger partial charge in [0.15, 0.2) is 0 Å². The number of hydrogen-bond acceptors (Lipinski definition) is 5. The van der Waals surface area contributed by atoms with Gasteiger partial charge in [-0.15, -0.1) is 0 Å². The van der Waals surface area contributed by atoms with Gasteiger partial charge in [0.25, 0.3) is 5.69 Å². The Morgan fingerprint density at radius 2 is 1.90 bits per heavy atom. The molecule has 0 saturated carbocycles. The molecule has 1 heterocycles. The van der Waals surface area contributed by atoms with Gasteiger partial charge in [-0.25, -0.2) is 0 Å². The Labute approximate surface area is 125 Å². The molecule has 1 aliphatic heterocycles. The lowest BCUT2D eigenvalue weighted by atomic mass is 10.2. The first kappa shape index (κ1) is 15.7. The average Bonchev–Trinajstić information content (AvgIpc) is 2.47. The lowest BCUT2D eigenvalue weighted by Gasteiger charge is -2.33. The minimum atomic E-state index is -0.369. The van der Waals surface area contributed by atoms with Gasteiger partial charge in [-0.2, -0.15) is 0 Å². The molecule has 0 bridgehead atoms. The van der Waals surface area contributed by atoms with E-state index in [1.54, 1.807) is 19.1 Å². The fraction of sp³-hybridized carbons (Fsp3) is 0.600. The molecule has 0 radical (unpaired) electrons. The Kier molecular flexibility index (Phi) is 5.52. The molecule has 1 aliphatic rings. The van der Waals surface area contributed by atoms with Crippen LogP contribution < -0.4 is 4.74 Å². The first-order chi connectivity index (χ1) is 10.1. The predicted molar refractivity (Wildman–Crippen MR) is 81.9 cm³/mol. The van der Waals surface area contributed by atoms with Gasteiger partial charge in [0.2, 0.25) is 0 Å². The van der Waals surface area contributed by atoms with E-state index >= 15 is 0 Å². The van der Waals surface area contributed by atoms with Crippen LogP contribution >= 0.6 is 0 Å². The van der Waals surface area contributed by atoms with Gasteiger partial charge in [-0.1, -0.05) is 6.92 Å². The largest absolute Gasteiger partial charge is 0.492 e. The van der Waals surface area contributed by atoms with Crippen molar-refractivity contribution in [1.29, 1.82) is 0 Å². The molecule has 0 amide bonds. The molecule has 116 valence electrons. The topological polar surface area (TPSA) is 58.8 Å². The molecular weight excluding hydrogens is 270 g/mol. The van der Waals surface area contributed by atoms with Gasteiger partial charge >= 0.3 is 0 Å². The third-order valence-corrected chi connectivity index (χ3v) is 3.95. The molecule has 0 unspecified atom stereocenters. The molecule has 1 saturated heterocycles. The number of benzene rings is 1. The highest BCUT2D eigenvalue weighted by Gasteiger charge is 2.15. The maximum Gasteiger partial charge on any atom is 0.272 e. The van der Waals surface area contributed by atoms with Gasteiger partial charge in [0.1, 0.15) is 12.4 Å². The lowest BCUT2D eigenvalue weighted by Crippen LogP contribution is -2.47. The fourth-order valence-corrected chi connectivity index (χ4v) is 2.54. The summed E-state index contributed by atoms with van der Waals surface area (Å²) in [6, 6.07) is 4.90. The highest BCUT2D eigenvalue weighted by Crippen LogP contribution is 2.22. The van der Waals surface area contributed by atoms with Crippen LogP contribution in [0, 0.1) is 17.0 Å². The van der Waals surface area contributed by atoms with Crippen molar-refractivity contribution in [3.8, 4) is 5.75 Å². The number of piperazine rings is 1. The highest BCUT2D eigenvalue weighted by molar-refractivity contribution is 5.44. The van der Waals surface area contributed by atoms with Crippen molar-refractivity contribution < 1.29 is 9.66 Å². The van der Waals surface area contributed by atoms with E-state index in [-0.39, 0.29) is 10.6 Å². The van der Waals surface area contributed by atoms with Crippen molar-refractivity contribution >= 4 is 5.69 Å². The van der Waals surface area contributed by atoms with Gasteiger partial charge in [0, 0.05) is 44.4 Å². The molecule has 6 nitrogen and oxygen atoms in total. The van der Waals surface area contributed by atoms with E-state index in [9.17, 15) is 10.1 Å². The first-order valence-electron chi connectivity index (χ1n) is 7.42. The molecule has 0 spiro atoms. The number of nitrogens with zero attached hydrogens (tertiary/aromatic N) is 3. The molecular formula is C15H23N3O3. The van der Waals surface area contributed by atoms with Crippen LogP contribution in [0.2, 0.25) is 0 Å². The Balaban J connectivity index is 1.76. The predicted octanol–water partition coefficient (Wildman–Crippen LogP) is 1.92. The van der Waals surface area contributed by atoms with E-state index in [2.05, 4.69) is 16.7 Å². The number of nitro groups is 1. The zero-order chi connectivity index (χ0) is 15.2. The maximum atomic E-state index is 10.8. The van der Waals surface area contributed by atoms with Crippen LogP contribution in [0.15, 0.2) is 18.2 Å². The van der Waals surface area contributed by atoms with E-state index in [1.807, 2.05) is 0 Å². The second-order valence-corrected chi connectivity index (χ2v) is 5.33. The van der Waals surface area contributed by atoms with Crippen LogP contribution in [0.5, 0.6) is 5.75 Å². The molecule has 1 aromatic rings. The third kappa shape index (κ3) is 4.41. The number of ether oxygens (including phenoxy) is 1. The Bertz CT molecular complexity index is 485. The van der Waals surface area contributed by atoms with E-state index in [4.69, 9.17) is 4.74 Å². The number of likely N-dealkylation sites (N-methyl/N-ethyl adjacent to an activating group) is 1. The number of aryl methyl sites for hydroxylation is 1. The summed E-state index contributed by atoms with van der Waals surface area (Å²) in [5, 5.41) is 10.8. The van der Waals surface area contributed by atoms with Crippen molar-refractivity contribution in [2.75, 3.05) is 45.9 Å². The molecule has 21 heavy (non-hydrogen) atoms. The van der Waals surface area contributed by atoms with Crippen LogP contribution in [0.25, 0.3) is 0 Å². The van der Waals surface area contributed by atoms with Crippen LogP contribution in [-0.4, -0.2) is 60.6 Å². The second kappa shape index (κ2) is 7.38. The summed E-state index contributed by atoms with van der Waals surface area (Å²) in [6.07, 6.45) is 0. The average molecular weight is 293 g/mol. The van der Waals surface area contributed by atoms with Crippen molar-refractivity contribution in [3.63, 3.8) is 0 Å². The Morgan fingerprint density at radius 3 is 2.48 bits per heavy atom. The number of nitro benzene ring substituents is 1. The molecule has 2 rings (SSSR count). The summed E-state index contributed by atoms with van der Waals surface area (Å²) >= 11 is 0. The van der Waals surface area contributed by atoms with Crippen molar-refractivity contribution in [2.45, 2.75) is 13.8 Å². The van der Waals surface area contributed by atoms with Gasteiger partial charge in [-0.05, 0) is 25.6 Å². The summed E-state index contributed by atoms with van der Waals surface area (Å²) in [7, 11) is 0. The Morgan fingerprint density at radius 1 is 1.24 bits per heavy atom. The number of rotatable bonds is 6. The Hall–Kier alpha value is -1.66. The number of hydrogen-bond donors (Lipinski definition) is 0. The first-order valence-corrected chi connectivity index (χ1v) is 7.42. The monoisotopic (exact) mass is 293 g/mol. The van der Waals surface area contributed by atoms with Crippen molar-refractivity contribution in [3.05, 3.63) is 33.9 Å². The minimum Gasteiger partial charge on any atom is -0.492 e. The van der Waals surface area contributed by atoms with Crippen molar-refractivity contribution in [2.24, 2.45) is 0 Å². The quantitative estimate of drug-likeness (QED) is 0.592. The van der Waals surface area contributed by atoms with Crippen molar-refractivity contribution in [1.82, 2.24) is 9.80 Å². The molecule has 6 heteroatoms. The SMILES string of the molecule is CCN1CCN(CCOc2ccc([N+](=O)[O-])c(C)c2)CC1. The maximum absolute atomic E-state index is 10.8. The standard InChI is InChI=1S/C15H23N3O3/c1-3-16-6-8-17(9-7-16)10-11-21-14-4-5-15(18(19)20)13(2)12-14/h4-5,12H,3,6-11H2,1-2H3. The smallest absolute Gasteiger partial charge is 0.272 e. The normalized spacial score (nSPS) is 16.9. The summed E-state index contributed by atoms with van der Waals surface area (Å²) in [5.41, 5.74) is 0.770. The van der Waals surface area contributed by atoms with E-state index < -0.39 is 0 Å². The van der Waals surface area contributed by atoms with E-state index in [0.29, 0.717) is 17.9 Å². The van der Waals surface area contributed by atoms with Crippen LogP contribution in [-0.2, 0) is 0 Å². The van der Waals surface area contributed by atoms with E-state index in [1.165, 1.54) is 6.07 Å². The van der Waals surface area contributed by atoms with Gasteiger partial charge in [-0.3, -0.25) is 15.0 Å². The van der Waals surface area contributed by atoms with Gasteiger partial charge in [0.05, 0.1) is 4.92 Å². The summed E-state index contributed by atoms with van der Waals surface area (Å²) in [4.78, 5) is 15.2. The van der Waals surface area contributed by atoms with Crippen LogP contribution in [0.3, 0.4) is 0 Å². The van der Waals surface area contributed by atoms with Crippen LogP contribution in [0.1, 0.15) is 12.5 Å².